The van der Waals surface area contributed by atoms with E-state index < -0.39 is 0 Å². The molecular weight excluding hydrogens is 402 g/mol. The lowest BCUT2D eigenvalue weighted by atomic mass is 10.3. The van der Waals surface area contributed by atoms with Gasteiger partial charge in [0.1, 0.15) is 18.2 Å². The fourth-order valence-corrected chi connectivity index (χ4v) is 3.16. The van der Waals surface area contributed by atoms with Crippen LogP contribution in [0.25, 0.3) is 0 Å². The number of ether oxygens (including phenoxy) is 3. The van der Waals surface area contributed by atoms with Crippen molar-refractivity contribution in [3.63, 3.8) is 0 Å². The fourth-order valence-electron chi connectivity index (χ4n) is 2.67. The Labute approximate surface area is 179 Å². The Morgan fingerprint density at radius 1 is 1.07 bits per heavy atom. The Balaban J connectivity index is 1.80. The van der Waals surface area contributed by atoms with Gasteiger partial charge in [0.15, 0.2) is 11.5 Å². The van der Waals surface area contributed by atoms with Gasteiger partial charge >= 0.3 is 0 Å². The topological polar surface area (TPSA) is 104 Å². The van der Waals surface area contributed by atoms with E-state index in [1.165, 1.54) is 0 Å². The molecule has 0 aliphatic rings. The molecule has 3 aromatic rings. The molecule has 0 spiro atoms. The monoisotopic (exact) mass is 425 g/mol. The molecule has 156 valence electrons. The van der Waals surface area contributed by atoms with E-state index in [9.17, 15) is 0 Å². The third-order valence-corrected chi connectivity index (χ3v) is 4.67. The van der Waals surface area contributed by atoms with E-state index in [2.05, 4.69) is 27.2 Å². The normalized spacial score (nSPS) is 10.2. The van der Waals surface area contributed by atoms with Gasteiger partial charge in [-0.2, -0.15) is 4.98 Å². The molecule has 2 aromatic carbocycles. The summed E-state index contributed by atoms with van der Waals surface area (Å²) in [7, 11) is 3.18. The maximum atomic E-state index is 5.86. The van der Waals surface area contributed by atoms with Crippen LogP contribution < -0.4 is 30.0 Å². The molecule has 3 rings (SSSR count). The molecule has 0 unspecified atom stereocenters. The number of benzene rings is 2. The molecule has 0 radical (unpaired) electrons. The van der Waals surface area contributed by atoms with Crippen LogP contribution >= 0.6 is 11.9 Å². The van der Waals surface area contributed by atoms with Crippen molar-refractivity contribution in [2.75, 3.05) is 31.5 Å². The minimum atomic E-state index is 0.393. The summed E-state index contributed by atoms with van der Waals surface area (Å²) in [5.41, 5.74) is 1.54. The van der Waals surface area contributed by atoms with Crippen LogP contribution in [-0.4, -0.2) is 30.8 Å². The average Bonchev–Trinajstić information content (AvgIpc) is 2.78. The number of methoxy groups -OCH3 is 2. The Morgan fingerprint density at radius 3 is 2.63 bits per heavy atom. The van der Waals surface area contributed by atoms with Gasteiger partial charge < -0.3 is 24.8 Å². The predicted octanol–water partition coefficient (Wildman–Crippen LogP) is 4.51. The van der Waals surface area contributed by atoms with Crippen molar-refractivity contribution < 1.29 is 14.2 Å². The zero-order chi connectivity index (χ0) is 21.3. The molecule has 1 heterocycles. The lowest BCUT2D eigenvalue weighted by Crippen LogP contribution is -2.03. The van der Waals surface area contributed by atoms with E-state index in [0.717, 1.165) is 28.2 Å². The summed E-state index contributed by atoms with van der Waals surface area (Å²) in [5.74, 6) is 2.95. The van der Waals surface area contributed by atoms with Crippen LogP contribution in [0.1, 0.15) is 0 Å². The number of nitrogens with zero attached hydrogens (tertiary/aromatic N) is 2. The summed E-state index contributed by atoms with van der Waals surface area (Å²) in [6.07, 6.45) is 3.34. The first kappa shape index (κ1) is 21.3. The Kier molecular flexibility index (Phi) is 7.36. The van der Waals surface area contributed by atoms with E-state index in [0.29, 0.717) is 35.6 Å². The van der Waals surface area contributed by atoms with E-state index in [-0.39, 0.29) is 0 Å². The number of nitrogens with two attached hydrogens (primary N) is 1. The molecule has 0 fully saturated rings. The molecule has 30 heavy (non-hydrogen) atoms. The molecule has 8 nitrogen and oxygen atoms in total. The molecule has 4 N–H and O–H groups in total. The van der Waals surface area contributed by atoms with Gasteiger partial charge in [0.05, 0.1) is 24.8 Å². The summed E-state index contributed by atoms with van der Waals surface area (Å²) in [4.78, 5) is 9.56. The van der Waals surface area contributed by atoms with Crippen LogP contribution in [0, 0.1) is 0 Å². The van der Waals surface area contributed by atoms with Gasteiger partial charge in [-0.15, -0.1) is 0 Å². The van der Waals surface area contributed by atoms with Crippen LogP contribution in [0.4, 0.5) is 23.1 Å². The van der Waals surface area contributed by atoms with E-state index in [1.807, 2.05) is 36.4 Å². The molecule has 1 aromatic heterocycles. The fraction of sp³-hybridized carbons (Fsp3) is 0.143. The highest BCUT2D eigenvalue weighted by atomic mass is 32.2. The lowest BCUT2D eigenvalue weighted by Gasteiger charge is -2.14. The summed E-state index contributed by atoms with van der Waals surface area (Å²) in [6, 6.07) is 12.9. The number of rotatable bonds is 10. The summed E-state index contributed by atoms with van der Waals surface area (Å²) in [6.45, 7) is 4.06. The van der Waals surface area contributed by atoms with Crippen LogP contribution in [0.15, 0.2) is 66.2 Å². The van der Waals surface area contributed by atoms with Gasteiger partial charge in [0.25, 0.3) is 0 Å². The van der Waals surface area contributed by atoms with Crippen LogP contribution in [-0.2, 0) is 0 Å². The molecule has 0 bridgehead atoms. The second kappa shape index (κ2) is 10.4. The number of hydrogen-bond donors (Lipinski definition) is 3. The van der Waals surface area contributed by atoms with Crippen molar-refractivity contribution in [2.45, 2.75) is 4.90 Å². The third kappa shape index (κ3) is 5.13. The molecule has 0 aliphatic heterocycles. The van der Waals surface area contributed by atoms with Gasteiger partial charge in [-0.1, -0.05) is 18.7 Å². The Hall–Kier alpha value is -3.43. The highest BCUT2D eigenvalue weighted by molar-refractivity contribution is 7.97. The van der Waals surface area contributed by atoms with Crippen molar-refractivity contribution in [3.05, 3.63) is 61.3 Å². The molecule has 0 saturated carbocycles. The minimum absolute atomic E-state index is 0.393. The number of aromatic nitrogens is 2. The first-order valence-corrected chi connectivity index (χ1v) is 9.89. The van der Waals surface area contributed by atoms with Crippen molar-refractivity contribution in [1.82, 2.24) is 9.97 Å². The Morgan fingerprint density at radius 2 is 1.90 bits per heavy atom. The average molecular weight is 426 g/mol. The SMILES string of the molecule is C=CCOc1cccc(Nc2ccnc(Nc3ccc(OC)c(OC)c3)n2)c1SN. The first-order chi connectivity index (χ1) is 14.7. The largest absolute Gasteiger partial charge is 0.493 e. The van der Waals surface area contributed by atoms with Crippen LogP contribution in [0.2, 0.25) is 0 Å². The Bertz CT molecular complexity index is 1020. The number of nitrogens with one attached hydrogen (secondary N) is 2. The molecule has 0 amide bonds. The lowest BCUT2D eigenvalue weighted by molar-refractivity contribution is 0.355. The van der Waals surface area contributed by atoms with Gasteiger partial charge in [-0.25, -0.2) is 4.98 Å². The van der Waals surface area contributed by atoms with E-state index in [1.54, 1.807) is 32.6 Å². The van der Waals surface area contributed by atoms with Gasteiger partial charge in [-0.3, -0.25) is 5.14 Å². The van der Waals surface area contributed by atoms with Crippen molar-refractivity contribution in [2.24, 2.45) is 5.14 Å². The molecule has 0 aliphatic carbocycles. The maximum Gasteiger partial charge on any atom is 0.229 e. The van der Waals surface area contributed by atoms with E-state index >= 15 is 0 Å². The maximum absolute atomic E-state index is 5.86. The van der Waals surface area contributed by atoms with Gasteiger partial charge in [0, 0.05) is 18.0 Å². The molecular formula is C21H23N5O3S. The van der Waals surface area contributed by atoms with E-state index in [4.69, 9.17) is 19.3 Å². The quantitative estimate of drug-likeness (QED) is 0.320. The highest BCUT2D eigenvalue weighted by Gasteiger charge is 2.11. The second-order valence-corrected chi connectivity index (χ2v) is 6.58. The minimum Gasteiger partial charge on any atom is -0.493 e. The van der Waals surface area contributed by atoms with Crippen molar-refractivity contribution >= 4 is 35.1 Å². The number of anilines is 4. The van der Waals surface area contributed by atoms with Crippen molar-refractivity contribution in [3.8, 4) is 17.2 Å². The summed E-state index contributed by atoms with van der Waals surface area (Å²) in [5, 5.41) is 12.3. The standard InChI is InChI=1S/C21H23N5O3S/c1-4-12-29-17-7-5-6-15(20(17)30-22)25-19-10-11-23-21(26-19)24-14-8-9-16(27-2)18(13-14)28-3/h4-11,13H,1,12,22H2,2-3H3,(H2,23,24,25,26). The number of hydrogen-bond acceptors (Lipinski definition) is 9. The summed E-state index contributed by atoms with van der Waals surface area (Å²) >= 11 is 1.10. The summed E-state index contributed by atoms with van der Waals surface area (Å²) < 4.78 is 16.3. The van der Waals surface area contributed by atoms with Crippen molar-refractivity contribution in [1.29, 1.82) is 0 Å². The van der Waals surface area contributed by atoms with Crippen LogP contribution in [0.5, 0.6) is 17.2 Å². The molecule has 0 saturated heterocycles. The second-order valence-electron chi connectivity index (χ2n) is 5.94. The smallest absolute Gasteiger partial charge is 0.229 e. The van der Waals surface area contributed by atoms with Crippen LogP contribution in [0.3, 0.4) is 0 Å². The molecule has 9 heteroatoms. The predicted molar refractivity (Wildman–Crippen MR) is 120 cm³/mol. The zero-order valence-electron chi connectivity index (χ0n) is 16.7. The van der Waals surface area contributed by atoms with Gasteiger partial charge in [-0.05, 0) is 42.3 Å². The third-order valence-electron chi connectivity index (χ3n) is 4.01. The van der Waals surface area contributed by atoms with Gasteiger partial charge in [0.2, 0.25) is 5.95 Å². The zero-order valence-corrected chi connectivity index (χ0v) is 17.5. The highest BCUT2D eigenvalue weighted by Crippen LogP contribution is 2.35. The molecule has 0 atom stereocenters. The first-order valence-electron chi connectivity index (χ1n) is 9.01.